The molecule has 0 saturated heterocycles. The Morgan fingerprint density at radius 1 is 0.438 bits per heavy atom. The number of benzene rings is 7. The summed E-state index contributed by atoms with van der Waals surface area (Å²) in [5.74, 6) is 0. The van der Waals surface area contributed by atoms with Gasteiger partial charge in [-0.25, -0.2) is 0 Å². The molecule has 0 aliphatic heterocycles. The second kappa shape index (κ2) is 9.49. The van der Waals surface area contributed by atoms with E-state index in [9.17, 15) is 0 Å². The molecule has 0 atom stereocenters. The predicted octanol–water partition coefficient (Wildman–Crippen LogP) is 12.8. The van der Waals surface area contributed by atoms with Crippen molar-refractivity contribution in [1.82, 2.24) is 0 Å². The summed E-state index contributed by atoms with van der Waals surface area (Å²) in [6, 6.07) is 51.4. The molecule has 2 nitrogen and oxygen atoms in total. The van der Waals surface area contributed by atoms with Gasteiger partial charge in [0.05, 0.1) is 11.4 Å². The van der Waals surface area contributed by atoms with Gasteiger partial charge in [-0.3, -0.25) is 0 Å². The van der Waals surface area contributed by atoms with Crippen LogP contribution in [0.4, 0.5) is 17.1 Å². The highest BCUT2D eigenvalue weighted by Crippen LogP contribution is 2.56. The first-order chi connectivity index (χ1) is 23.3. The van der Waals surface area contributed by atoms with Gasteiger partial charge in [0, 0.05) is 43.6 Å². The molecule has 2 aliphatic carbocycles. The van der Waals surface area contributed by atoms with Crippen LogP contribution in [-0.4, -0.2) is 0 Å². The van der Waals surface area contributed by atoms with Gasteiger partial charge in [-0.15, -0.1) is 0 Å². The fraction of sp³-hybridized carbons (Fsp3) is 0.130. The SMILES string of the molecule is CC1(C)c2ccccc2-c2cc(N(c3cccc4c3-c3ccccc3C4(C)C)c3cccc4c3ccc3c5ccccc5oc43)ccc21. The average molecular weight is 618 g/mol. The molecule has 0 N–H and O–H groups in total. The van der Waals surface area contributed by atoms with Crippen LogP contribution in [0, 0.1) is 0 Å². The van der Waals surface area contributed by atoms with Crippen molar-refractivity contribution in [1.29, 1.82) is 0 Å². The molecule has 0 unspecified atom stereocenters. The third kappa shape index (κ3) is 3.52. The summed E-state index contributed by atoms with van der Waals surface area (Å²) in [4.78, 5) is 2.50. The molecule has 0 saturated carbocycles. The summed E-state index contributed by atoms with van der Waals surface area (Å²) in [6.45, 7) is 9.41. The second-order valence-corrected chi connectivity index (χ2v) is 14.5. The summed E-state index contributed by atoms with van der Waals surface area (Å²) in [5, 5.41) is 4.58. The maximum absolute atomic E-state index is 6.56. The first-order valence-corrected chi connectivity index (χ1v) is 16.9. The lowest BCUT2D eigenvalue weighted by Crippen LogP contribution is -2.16. The summed E-state index contributed by atoms with van der Waals surface area (Å²) in [6.07, 6.45) is 0. The van der Waals surface area contributed by atoms with E-state index in [2.05, 4.69) is 166 Å². The summed E-state index contributed by atoms with van der Waals surface area (Å²) in [7, 11) is 0. The van der Waals surface area contributed by atoms with E-state index in [1.807, 2.05) is 6.07 Å². The maximum Gasteiger partial charge on any atom is 0.143 e. The third-order valence-corrected chi connectivity index (χ3v) is 11.3. The first kappa shape index (κ1) is 27.5. The number of fused-ring (bicyclic) bond motifs is 11. The quantitative estimate of drug-likeness (QED) is 0.196. The van der Waals surface area contributed by atoms with Crippen LogP contribution in [0.2, 0.25) is 0 Å². The van der Waals surface area contributed by atoms with Crippen LogP contribution in [0.15, 0.2) is 144 Å². The number of furan rings is 1. The smallest absolute Gasteiger partial charge is 0.143 e. The van der Waals surface area contributed by atoms with Crippen LogP contribution in [0.3, 0.4) is 0 Å². The van der Waals surface area contributed by atoms with Gasteiger partial charge in [0.25, 0.3) is 0 Å². The van der Waals surface area contributed by atoms with Gasteiger partial charge in [-0.1, -0.05) is 131 Å². The Balaban J connectivity index is 1.29. The Labute approximate surface area is 280 Å². The monoisotopic (exact) mass is 617 g/mol. The van der Waals surface area contributed by atoms with Crippen molar-refractivity contribution in [2.75, 3.05) is 4.90 Å². The molecule has 1 aromatic heterocycles. The summed E-state index contributed by atoms with van der Waals surface area (Å²) < 4.78 is 6.56. The molecule has 48 heavy (non-hydrogen) atoms. The zero-order chi connectivity index (χ0) is 32.4. The van der Waals surface area contributed by atoms with E-state index in [0.29, 0.717) is 0 Å². The van der Waals surface area contributed by atoms with E-state index in [-0.39, 0.29) is 10.8 Å². The Kier molecular flexibility index (Phi) is 5.44. The normalized spacial score (nSPS) is 15.0. The van der Waals surface area contributed by atoms with Crippen molar-refractivity contribution in [3.05, 3.63) is 162 Å². The number of anilines is 3. The van der Waals surface area contributed by atoms with Gasteiger partial charge in [-0.05, 0) is 75.3 Å². The zero-order valence-corrected chi connectivity index (χ0v) is 27.6. The molecule has 1 heterocycles. The fourth-order valence-electron chi connectivity index (χ4n) is 8.90. The Morgan fingerprint density at radius 3 is 1.88 bits per heavy atom. The molecule has 7 aromatic carbocycles. The van der Waals surface area contributed by atoms with E-state index in [4.69, 9.17) is 4.42 Å². The molecule has 8 aromatic rings. The van der Waals surface area contributed by atoms with Gasteiger partial charge >= 0.3 is 0 Å². The number of hydrogen-bond acceptors (Lipinski definition) is 2. The van der Waals surface area contributed by atoms with E-state index < -0.39 is 0 Å². The van der Waals surface area contributed by atoms with Crippen LogP contribution in [0.5, 0.6) is 0 Å². The average Bonchev–Trinajstić information content (AvgIpc) is 3.69. The summed E-state index contributed by atoms with van der Waals surface area (Å²) >= 11 is 0. The third-order valence-electron chi connectivity index (χ3n) is 11.3. The molecule has 0 fully saturated rings. The second-order valence-electron chi connectivity index (χ2n) is 14.5. The lowest BCUT2D eigenvalue weighted by Gasteiger charge is -2.30. The molecule has 2 heteroatoms. The number of rotatable bonds is 3. The molecule has 2 aliphatic rings. The van der Waals surface area contributed by atoms with Crippen LogP contribution >= 0.6 is 0 Å². The molecule has 230 valence electrons. The lowest BCUT2D eigenvalue weighted by molar-refractivity contribution is 0.660. The maximum atomic E-state index is 6.56. The van der Waals surface area contributed by atoms with Crippen LogP contribution in [0.1, 0.15) is 49.9 Å². The van der Waals surface area contributed by atoms with Gasteiger partial charge in [0.1, 0.15) is 11.2 Å². The first-order valence-electron chi connectivity index (χ1n) is 16.9. The predicted molar refractivity (Wildman–Crippen MR) is 201 cm³/mol. The molecule has 0 amide bonds. The number of hydrogen-bond donors (Lipinski definition) is 0. The molecular formula is C46H35NO. The standard InChI is InChI=1S/C46H35NO/c1-45(2)36-17-8-5-13-29(36)35-27-28(23-26-38(35)45)47(41-21-12-19-39-43(41)34-15-6-9-18-37(34)46(39,3)4)40-20-11-16-32-30(40)24-25-33-31-14-7-10-22-42(31)48-44(32)33/h5-27H,1-4H3. The van der Waals surface area contributed by atoms with Crippen LogP contribution < -0.4 is 4.90 Å². The zero-order valence-electron chi connectivity index (χ0n) is 27.6. The van der Waals surface area contributed by atoms with Crippen molar-refractivity contribution in [3.8, 4) is 22.3 Å². The molecular weight excluding hydrogens is 583 g/mol. The fourth-order valence-corrected chi connectivity index (χ4v) is 8.90. The van der Waals surface area contributed by atoms with E-state index in [0.717, 1.165) is 44.1 Å². The highest BCUT2D eigenvalue weighted by Gasteiger charge is 2.39. The molecule has 0 radical (unpaired) electrons. The highest BCUT2D eigenvalue weighted by molar-refractivity contribution is 6.18. The minimum absolute atomic E-state index is 0.0570. The lowest BCUT2D eigenvalue weighted by atomic mass is 9.82. The Morgan fingerprint density at radius 2 is 1.02 bits per heavy atom. The minimum atomic E-state index is -0.103. The van der Waals surface area contributed by atoms with Crippen molar-refractivity contribution in [2.45, 2.75) is 38.5 Å². The summed E-state index contributed by atoms with van der Waals surface area (Å²) in [5.41, 5.74) is 15.9. The minimum Gasteiger partial charge on any atom is -0.455 e. The molecule has 0 spiro atoms. The molecule has 10 rings (SSSR count). The van der Waals surface area contributed by atoms with E-state index in [1.54, 1.807) is 0 Å². The van der Waals surface area contributed by atoms with Crippen LogP contribution in [0.25, 0.3) is 55.0 Å². The Hall–Kier alpha value is -5.60. The van der Waals surface area contributed by atoms with Gasteiger partial charge in [0.2, 0.25) is 0 Å². The topological polar surface area (TPSA) is 16.4 Å². The van der Waals surface area contributed by atoms with E-state index >= 15 is 0 Å². The van der Waals surface area contributed by atoms with Crippen molar-refractivity contribution >= 4 is 49.8 Å². The largest absolute Gasteiger partial charge is 0.455 e. The Bertz CT molecular complexity index is 2630. The van der Waals surface area contributed by atoms with Crippen molar-refractivity contribution in [2.24, 2.45) is 0 Å². The highest BCUT2D eigenvalue weighted by atomic mass is 16.3. The van der Waals surface area contributed by atoms with Gasteiger partial charge in [-0.2, -0.15) is 0 Å². The van der Waals surface area contributed by atoms with E-state index in [1.165, 1.54) is 50.2 Å². The van der Waals surface area contributed by atoms with Crippen molar-refractivity contribution in [3.63, 3.8) is 0 Å². The van der Waals surface area contributed by atoms with Gasteiger partial charge < -0.3 is 9.32 Å². The molecule has 0 bridgehead atoms. The van der Waals surface area contributed by atoms with Crippen molar-refractivity contribution < 1.29 is 4.42 Å². The number of nitrogens with zero attached hydrogens (tertiary/aromatic N) is 1. The van der Waals surface area contributed by atoms with Crippen LogP contribution in [-0.2, 0) is 10.8 Å². The number of para-hydroxylation sites is 1. The van der Waals surface area contributed by atoms with Gasteiger partial charge in [0.15, 0.2) is 0 Å².